The van der Waals surface area contributed by atoms with E-state index in [2.05, 4.69) is 38.8 Å². The predicted molar refractivity (Wildman–Crippen MR) is 165 cm³/mol. The smallest absolute Gasteiger partial charge is 0.253 e. The minimum Gasteiger partial charge on any atom is -0.495 e. The van der Waals surface area contributed by atoms with E-state index in [0.717, 1.165) is 54.6 Å². The molecule has 4 aromatic rings. The van der Waals surface area contributed by atoms with Crippen molar-refractivity contribution in [1.29, 1.82) is 0 Å². The van der Waals surface area contributed by atoms with Crippen molar-refractivity contribution in [2.45, 2.75) is 70.6 Å². The fourth-order valence-corrected chi connectivity index (χ4v) is 7.18. The summed E-state index contributed by atoms with van der Waals surface area (Å²) >= 11 is 0. The van der Waals surface area contributed by atoms with Crippen LogP contribution in [0.25, 0.3) is 10.9 Å². The Bertz CT molecular complexity index is 1550. The molecule has 2 aliphatic heterocycles. The van der Waals surface area contributed by atoms with Gasteiger partial charge in [-0.2, -0.15) is 0 Å². The molecule has 2 aromatic heterocycles. The molecule has 0 spiro atoms. The van der Waals surface area contributed by atoms with E-state index in [4.69, 9.17) is 4.74 Å². The number of carbonyl (C=O) groups is 2. The molecule has 2 saturated heterocycles. The molecule has 3 atom stereocenters. The van der Waals surface area contributed by atoms with Gasteiger partial charge in [0, 0.05) is 55.9 Å². The van der Waals surface area contributed by atoms with Crippen LogP contribution in [0.2, 0.25) is 0 Å². The number of piperidine rings is 1. The van der Waals surface area contributed by atoms with E-state index in [1.807, 2.05) is 54.7 Å². The van der Waals surface area contributed by atoms with Crippen molar-refractivity contribution in [3.05, 3.63) is 95.4 Å². The Balaban J connectivity index is 1.10. The summed E-state index contributed by atoms with van der Waals surface area (Å²) in [4.78, 5) is 33.1. The number of nitrogens with zero attached hydrogens (tertiary/aromatic N) is 3. The third kappa shape index (κ3) is 5.97. The van der Waals surface area contributed by atoms with Crippen LogP contribution in [-0.2, 0) is 13.1 Å². The van der Waals surface area contributed by atoms with Crippen LogP contribution in [0, 0.1) is 12.8 Å². The molecule has 7 nitrogen and oxygen atoms in total. The van der Waals surface area contributed by atoms with E-state index >= 15 is 0 Å². The number of carbonyl (C=O) groups excluding carboxylic acids is 2. The van der Waals surface area contributed by atoms with Crippen molar-refractivity contribution in [1.82, 2.24) is 19.8 Å². The number of hydrogen-bond acceptors (Lipinski definition) is 5. The van der Waals surface area contributed by atoms with Crippen molar-refractivity contribution >= 4 is 22.6 Å². The normalized spacial score (nSPS) is 20.1. The molecule has 42 heavy (non-hydrogen) atoms. The molecule has 1 amide bonds. The van der Waals surface area contributed by atoms with Gasteiger partial charge in [-0.25, -0.2) is 0 Å². The molecule has 0 radical (unpaired) electrons. The Hall–Kier alpha value is -3.97. The summed E-state index contributed by atoms with van der Waals surface area (Å²) in [6.45, 7) is 4.37. The summed E-state index contributed by atoms with van der Waals surface area (Å²) in [7, 11) is 1.68. The van der Waals surface area contributed by atoms with E-state index in [-0.39, 0.29) is 11.7 Å². The highest BCUT2D eigenvalue weighted by Crippen LogP contribution is 2.40. The molecular weight excluding hydrogens is 524 g/mol. The van der Waals surface area contributed by atoms with Gasteiger partial charge in [0.2, 0.25) is 0 Å². The molecule has 7 heteroatoms. The monoisotopic (exact) mass is 564 g/mol. The minimum atomic E-state index is -0.0751. The number of aryl methyl sites for hydroxylation is 2. The molecule has 218 valence electrons. The Kier molecular flexibility index (Phi) is 8.38. The topological polar surface area (TPSA) is 76.5 Å². The zero-order chi connectivity index (χ0) is 29.1. The summed E-state index contributed by atoms with van der Waals surface area (Å²) in [5, 5.41) is 4.02. The van der Waals surface area contributed by atoms with Gasteiger partial charge in [-0.15, -0.1) is 0 Å². The summed E-state index contributed by atoms with van der Waals surface area (Å²) < 4.78 is 7.91. The number of methoxy groups -OCH3 is 1. The number of aromatic nitrogens is 2. The molecule has 2 aromatic carbocycles. The van der Waals surface area contributed by atoms with Crippen LogP contribution in [0.3, 0.4) is 0 Å². The summed E-state index contributed by atoms with van der Waals surface area (Å²) in [6, 6.07) is 20.8. The number of benzene rings is 2. The van der Waals surface area contributed by atoms with Gasteiger partial charge < -0.3 is 14.6 Å². The molecule has 1 unspecified atom stereocenters. The number of amides is 1. The Labute approximate surface area is 247 Å². The van der Waals surface area contributed by atoms with Crippen molar-refractivity contribution in [3.63, 3.8) is 0 Å². The lowest BCUT2D eigenvalue weighted by atomic mass is 9.86. The molecule has 6 rings (SSSR count). The van der Waals surface area contributed by atoms with E-state index < -0.39 is 0 Å². The number of hydrogen-bond donors (Lipinski definition) is 1. The number of fused-ring (bicyclic) bond motifs is 3. The van der Waals surface area contributed by atoms with E-state index in [1.54, 1.807) is 13.3 Å². The molecular formula is C35H40N4O3. The first-order chi connectivity index (χ1) is 20.5. The van der Waals surface area contributed by atoms with Crippen LogP contribution in [0.1, 0.15) is 70.5 Å². The SMILES string of the molecule is COc1cccc2c(C(=O)NCc3cccc(C)c3)cn(CCCN3[C@@H]4CC[C@H]3CC(CC(=O)c3ccccn3)C4)c12. The van der Waals surface area contributed by atoms with Gasteiger partial charge in [-0.3, -0.25) is 19.5 Å². The van der Waals surface area contributed by atoms with Crippen LogP contribution in [-0.4, -0.2) is 51.9 Å². The molecule has 0 saturated carbocycles. The lowest BCUT2D eigenvalue weighted by Gasteiger charge is -2.39. The van der Waals surface area contributed by atoms with Gasteiger partial charge in [-0.1, -0.05) is 48.0 Å². The number of para-hydroxylation sites is 1. The van der Waals surface area contributed by atoms with Crippen LogP contribution >= 0.6 is 0 Å². The third-order valence-corrected chi connectivity index (χ3v) is 9.08. The third-order valence-electron chi connectivity index (χ3n) is 9.08. The van der Waals surface area contributed by atoms with Crippen LogP contribution in [0.5, 0.6) is 5.75 Å². The Morgan fingerprint density at radius 3 is 2.55 bits per heavy atom. The number of ketones is 1. The predicted octanol–water partition coefficient (Wildman–Crippen LogP) is 6.19. The quantitative estimate of drug-likeness (QED) is 0.220. The van der Waals surface area contributed by atoms with Gasteiger partial charge >= 0.3 is 0 Å². The molecule has 4 heterocycles. The fourth-order valence-electron chi connectivity index (χ4n) is 7.18. The zero-order valence-corrected chi connectivity index (χ0v) is 24.6. The number of nitrogens with one attached hydrogen (secondary N) is 1. The molecule has 2 bridgehead atoms. The van der Waals surface area contributed by atoms with Crippen molar-refractivity contribution in [2.75, 3.05) is 13.7 Å². The number of Topliss-reactive ketones (excluding diaryl/α,β-unsaturated/α-hetero) is 1. The van der Waals surface area contributed by atoms with E-state index in [9.17, 15) is 9.59 Å². The highest BCUT2D eigenvalue weighted by molar-refractivity contribution is 6.08. The number of ether oxygens (including phenoxy) is 1. The summed E-state index contributed by atoms with van der Waals surface area (Å²) in [6.07, 6.45) is 9.86. The Morgan fingerprint density at radius 2 is 1.81 bits per heavy atom. The summed E-state index contributed by atoms with van der Waals surface area (Å²) in [5.74, 6) is 1.31. The summed E-state index contributed by atoms with van der Waals surface area (Å²) in [5.41, 5.74) is 4.50. The second kappa shape index (κ2) is 12.5. The van der Waals surface area contributed by atoms with Crippen molar-refractivity contribution < 1.29 is 14.3 Å². The second-order valence-corrected chi connectivity index (χ2v) is 11.9. The lowest BCUT2D eigenvalue weighted by molar-refractivity contribution is 0.0803. The van der Waals surface area contributed by atoms with Crippen molar-refractivity contribution in [3.8, 4) is 5.75 Å². The maximum atomic E-state index is 13.3. The van der Waals surface area contributed by atoms with Gasteiger partial charge in [0.15, 0.2) is 5.78 Å². The second-order valence-electron chi connectivity index (χ2n) is 11.9. The molecule has 2 fully saturated rings. The first kappa shape index (κ1) is 28.2. The number of pyridine rings is 1. The molecule has 1 N–H and O–H groups in total. The van der Waals surface area contributed by atoms with Gasteiger partial charge in [0.25, 0.3) is 5.91 Å². The standard InChI is InChI=1S/C35H40N4O3/c1-24-8-5-9-25(18-24)22-37-35(41)30-23-38(34-29(30)10-6-12-33(34)42-2)16-7-17-39-27-13-14-28(39)20-26(19-27)21-32(40)31-11-3-4-15-36-31/h3-6,8-12,15,18,23,26-28H,7,13-14,16-17,19-22H2,1-2H3,(H,37,41)/t26?,27-,28+. The minimum absolute atomic E-state index is 0.0751. The van der Waals surface area contributed by atoms with Crippen LogP contribution < -0.4 is 10.1 Å². The zero-order valence-electron chi connectivity index (χ0n) is 24.6. The Morgan fingerprint density at radius 1 is 1.00 bits per heavy atom. The van der Waals surface area contributed by atoms with Gasteiger partial charge in [-0.05, 0) is 68.7 Å². The molecule has 0 aliphatic carbocycles. The maximum absolute atomic E-state index is 13.3. The van der Waals surface area contributed by atoms with Crippen molar-refractivity contribution in [2.24, 2.45) is 5.92 Å². The van der Waals surface area contributed by atoms with Crippen LogP contribution in [0.15, 0.2) is 73.1 Å². The highest BCUT2D eigenvalue weighted by atomic mass is 16.5. The first-order valence-corrected chi connectivity index (χ1v) is 15.2. The average molecular weight is 565 g/mol. The van der Waals surface area contributed by atoms with E-state index in [1.165, 1.54) is 18.4 Å². The average Bonchev–Trinajstić information content (AvgIpc) is 3.49. The first-order valence-electron chi connectivity index (χ1n) is 15.2. The van der Waals surface area contributed by atoms with Gasteiger partial charge in [0.05, 0.1) is 18.2 Å². The van der Waals surface area contributed by atoms with Gasteiger partial charge in [0.1, 0.15) is 11.4 Å². The van der Waals surface area contributed by atoms with E-state index in [0.29, 0.717) is 42.2 Å². The maximum Gasteiger partial charge on any atom is 0.253 e. The fraction of sp³-hybridized carbons (Fsp3) is 0.400. The molecule has 2 aliphatic rings. The highest BCUT2D eigenvalue weighted by Gasteiger charge is 2.40. The lowest BCUT2D eigenvalue weighted by Crippen LogP contribution is -2.43. The largest absolute Gasteiger partial charge is 0.495 e. The number of rotatable bonds is 11. The van der Waals surface area contributed by atoms with Crippen LogP contribution in [0.4, 0.5) is 0 Å².